The molecule has 0 spiro atoms. The van der Waals surface area contributed by atoms with Crippen LogP contribution in [0.15, 0.2) is 6.20 Å². The van der Waals surface area contributed by atoms with Gasteiger partial charge in [0.15, 0.2) is 5.69 Å². The van der Waals surface area contributed by atoms with Gasteiger partial charge in [-0.1, -0.05) is 19.1 Å². The van der Waals surface area contributed by atoms with E-state index in [9.17, 15) is 9.59 Å². The van der Waals surface area contributed by atoms with Crippen molar-refractivity contribution in [3.05, 3.63) is 11.9 Å². The lowest BCUT2D eigenvalue weighted by Crippen LogP contribution is -2.32. The fourth-order valence-corrected chi connectivity index (χ4v) is 1.63. The summed E-state index contributed by atoms with van der Waals surface area (Å²) in [5.74, 6) is -1.21. The third kappa shape index (κ3) is 3.83. The molecule has 0 saturated carbocycles. The highest BCUT2D eigenvalue weighted by Crippen LogP contribution is 2.03. The first-order chi connectivity index (χ1) is 8.58. The molecule has 0 saturated heterocycles. The normalized spacial score (nSPS) is 10.3. The van der Waals surface area contributed by atoms with Crippen LogP contribution in [0.25, 0.3) is 0 Å². The van der Waals surface area contributed by atoms with E-state index in [0.29, 0.717) is 13.1 Å². The lowest BCUT2D eigenvalue weighted by molar-refractivity contribution is -0.137. The van der Waals surface area contributed by atoms with Gasteiger partial charge in [0.2, 0.25) is 0 Å². The van der Waals surface area contributed by atoms with Crippen molar-refractivity contribution < 1.29 is 14.7 Å². The molecule has 7 nitrogen and oxygen atoms in total. The van der Waals surface area contributed by atoms with E-state index in [1.165, 1.54) is 6.20 Å². The number of aromatic nitrogens is 3. The summed E-state index contributed by atoms with van der Waals surface area (Å²) in [6.07, 6.45) is 3.11. The van der Waals surface area contributed by atoms with Crippen molar-refractivity contribution in [2.45, 2.75) is 33.2 Å². The summed E-state index contributed by atoms with van der Waals surface area (Å²) < 4.78 is 1.14. The Bertz CT molecular complexity index is 410. The quantitative estimate of drug-likeness (QED) is 0.770. The Morgan fingerprint density at radius 3 is 2.44 bits per heavy atom. The predicted octanol–water partition coefficient (Wildman–Crippen LogP) is 0.625. The molecule has 100 valence electrons. The van der Waals surface area contributed by atoms with Gasteiger partial charge in [0.25, 0.3) is 5.91 Å². The molecular formula is C11H18N4O3. The minimum absolute atomic E-state index is 0.193. The van der Waals surface area contributed by atoms with Crippen molar-refractivity contribution in [1.82, 2.24) is 19.9 Å². The zero-order chi connectivity index (χ0) is 13.5. The number of carbonyl (C=O) groups excluding carboxylic acids is 1. The van der Waals surface area contributed by atoms with Gasteiger partial charge < -0.3 is 10.0 Å². The molecule has 0 aliphatic heterocycles. The average molecular weight is 254 g/mol. The zero-order valence-corrected chi connectivity index (χ0v) is 10.7. The Morgan fingerprint density at radius 1 is 1.33 bits per heavy atom. The highest BCUT2D eigenvalue weighted by Gasteiger charge is 2.18. The summed E-state index contributed by atoms with van der Waals surface area (Å²) in [5.41, 5.74) is 0.193. The number of carboxylic acid groups (broad SMARTS) is 1. The van der Waals surface area contributed by atoms with E-state index in [1.54, 1.807) is 4.90 Å². The van der Waals surface area contributed by atoms with E-state index in [1.807, 2.05) is 13.8 Å². The Labute approximate surface area is 105 Å². The third-order valence-electron chi connectivity index (χ3n) is 2.33. The Morgan fingerprint density at radius 2 is 1.94 bits per heavy atom. The standard InChI is InChI=1S/C11H18N4O3/c1-3-5-14(6-4-2)11(18)9-7-15(13-12-9)8-10(16)17/h7H,3-6,8H2,1-2H3,(H,16,17). The summed E-state index contributed by atoms with van der Waals surface area (Å²) >= 11 is 0. The van der Waals surface area contributed by atoms with Crippen LogP contribution in [0.5, 0.6) is 0 Å². The van der Waals surface area contributed by atoms with Crippen LogP contribution in [0, 0.1) is 0 Å². The number of nitrogens with zero attached hydrogens (tertiary/aromatic N) is 4. The highest BCUT2D eigenvalue weighted by atomic mass is 16.4. The van der Waals surface area contributed by atoms with E-state index in [0.717, 1.165) is 17.5 Å². The fourth-order valence-electron chi connectivity index (χ4n) is 1.63. The molecule has 1 aromatic heterocycles. The number of carboxylic acids is 1. The topological polar surface area (TPSA) is 88.3 Å². The van der Waals surface area contributed by atoms with E-state index in [2.05, 4.69) is 10.3 Å². The van der Waals surface area contributed by atoms with E-state index in [4.69, 9.17) is 5.11 Å². The predicted molar refractivity (Wildman–Crippen MR) is 64.1 cm³/mol. The number of aliphatic carboxylic acids is 1. The lowest BCUT2D eigenvalue weighted by atomic mass is 10.3. The molecule has 1 amide bonds. The molecule has 0 bridgehead atoms. The summed E-state index contributed by atoms with van der Waals surface area (Å²) in [6, 6.07) is 0. The maximum atomic E-state index is 12.1. The first kappa shape index (κ1) is 14.1. The molecule has 0 aliphatic rings. The van der Waals surface area contributed by atoms with E-state index in [-0.39, 0.29) is 18.1 Å². The van der Waals surface area contributed by atoms with Crippen LogP contribution in [0.1, 0.15) is 37.2 Å². The van der Waals surface area contributed by atoms with Gasteiger partial charge in [0.05, 0.1) is 6.20 Å². The molecule has 0 aliphatic carbocycles. The zero-order valence-electron chi connectivity index (χ0n) is 10.7. The van der Waals surface area contributed by atoms with Crippen molar-refractivity contribution in [2.24, 2.45) is 0 Å². The van der Waals surface area contributed by atoms with Gasteiger partial charge in [-0.15, -0.1) is 5.10 Å². The van der Waals surface area contributed by atoms with Crippen LogP contribution >= 0.6 is 0 Å². The summed E-state index contributed by atoms with van der Waals surface area (Å²) in [6.45, 7) is 5.03. The van der Waals surface area contributed by atoms with Crippen LogP contribution in [0.4, 0.5) is 0 Å². The van der Waals surface area contributed by atoms with Crippen molar-refractivity contribution in [3.63, 3.8) is 0 Å². The van der Waals surface area contributed by atoms with E-state index >= 15 is 0 Å². The van der Waals surface area contributed by atoms with Crippen molar-refractivity contribution in [3.8, 4) is 0 Å². The Kier molecular flexibility index (Phi) is 5.29. The molecule has 0 unspecified atom stereocenters. The second-order valence-corrected chi connectivity index (χ2v) is 3.99. The molecule has 0 aromatic carbocycles. The lowest BCUT2D eigenvalue weighted by Gasteiger charge is -2.19. The minimum Gasteiger partial charge on any atom is -0.480 e. The number of amides is 1. The SMILES string of the molecule is CCCN(CCC)C(=O)c1cn(CC(=O)O)nn1. The number of rotatable bonds is 7. The molecule has 0 radical (unpaired) electrons. The molecular weight excluding hydrogens is 236 g/mol. The first-order valence-electron chi connectivity index (χ1n) is 5.99. The third-order valence-corrected chi connectivity index (χ3v) is 2.33. The largest absolute Gasteiger partial charge is 0.480 e. The van der Waals surface area contributed by atoms with Gasteiger partial charge in [-0.25, -0.2) is 4.68 Å². The summed E-state index contributed by atoms with van der Waals surface area (Å²) in [7, 11) is 0. The Hall–Kier alpha value is -1.92. The van der Waals surface area contributed by atoms with Gasteiger partial charge in [0, 0.05) is 13.1 Å². The highest BCUT2D eigenvalue weighted by molar-refractivity contribution is 5.91. The van der Waals surface area contributed by atoms with Crippen LogP contribution < -0.4 is 0 Å². The monoisotopic (exact) mass is 254 g/mol. The van der Waals surface area contributed by atoms with Gasteiger partial charge in [0.1, 0.15) is 6.54 Å². The molecule has 1 heterocycles. The second-order valence-electron chi connectivity index (χ2n) is 3.99. The average Bonchev–Trinajstić information content (AvgIpc) is 2.75. The molecule has 0 atom stereocenters. The van der Waals surface area contributed by atoms with Crippen molar-refractivity contribution in [2.75, 3.05) is 13.1 Å². The molecule has 1 aromatic rings. The van der Waals surface area contributed by atoms with E-state index < -0.39 is 5.97 Å². The molecule has 18 heavy (non-hydrogen) atoms. The maximum Gasteiger partial charge on any atom is 0.325 e. The van der Waals surface area contributed by atoms with Crippen molar-refractivity contribution in [1.29, 1.82) is 0 Å². The minimum atomic E-state index is -1.02. The van der Waals surface area contributed by atoms with Gasteiger partial charge in [-0.3, -0.25) is 9.59 Å². The van der Waals surface area contributed by atoms with Crippen molar-refractivity contribution >= 4 is 11.9 Å². The number of hydrogen-bond donors (Lipinski definition) is 1. The van der Waals surface area contributed by atoms with Crippen LogP contribution in [0.2, 0.25) is 0 Å². The number of carbonyl (C=O) groups is 2. The maximum absolute atomic E-state index is 12.1. The fraction of sp³-hybridized carbons (Fsp3) is 0.636. The van der Waals surface area contributed by atoms with Crippen LogP contribution in [0.3, 0.4) is 0 Å². The van der Waals surface area contributed by atoms with Gasteiger partial charge in [-0.05, 0) is 12.8 Å². The molecule has 1 rings (SSSR count). The van der Waals surface area contributed by atoms with Gasteiger partial charge >= 0.3 is 5.97 Å². The van der Waals surface area contributed by atoms with Crippen LogP contribution in [-0.2, 0) is 11.3 Å². The van der Waals surface area contributed by atoms with Crippen LogP contribution in [-0.4, -0.2) is 50.0 Å². The molecule has 7 heteroatoms. The van der Waals surface area contributed by atoms with Gasteiger partial charge in [-0.2, -0.15) is 0 Å². The summed E-state index contributed by atoms with van der Waals surface area (Å²) in [4.78, 5) is 24.3. The smallest absolute Gasteiger partial charge is 0.325 e. The second kappa shape index (κ2) is 6.73. The number of hydrogen-bond acceptors (Lipinski definition) is 4. The molecule has 0 fully saturated rings. The molecule has 1 N–H and O–H groups in total. The Balaban J connectivity index is 2.74. The summed E-state index contributed by atoms with van der Waals surface area (Å²) in [5, 5.41) is 15.9. The first-order valence-corrected chi connectivity index (χ1v) is 5.99.